The molecule has 1 aliphatic carbocycles. The third kappa shape index (κ3) is 5.03. The van der Waals surface area contributed by atoms with Gasteiger partial charge in [0, 0.05) is 22.5 Å². The van der Waals surface area contributed by atoms with Crippen molar-refractivity contribution < 1.29 is 28.6 Å². The Morgan fingerprint density at radius 1 is 1.21 bits per heavy atom. The maximum absolute atomic E-state index is 13.8. The molecule has 0 amide bonds. The third-order valence-corrected chi connectivity index (χ3v) is 6.29. The van der Waals surface area contributed by atoms with Crippen molar-refractivity contribution >= 4 is 17.7 Å². The van der Waals surface area contributed by atoms with E-state index in [0.29, 0.717) is 41.2 Å². The Morgan fingerprint density at radius 2 is 1.91 bits per heavy atom. The number of esters is 2. The molecular formula is C27H35NO6. The van der Waals surface area contributed by atoms with Crippen molar-refractivity contribution in [2.45, 2.75) is 65.9 Å². The van der Waals surface area contributed by atoms with Crippen LogP contribution < -0.4 is 10.1 Å². The molecule has 3 rings (SSSR count). The van der Waals surface area contributed by atoms with Crippen LogP contribution in [0.4, 0.5) is 0 Å². The van der Waals surface area contributed by atoms with Crippen molar-refractivity contribution in [3.63, 3.8) is 0 Å². The summed E-state index contributed by atoms with van der Waals surface area (Å²) in [5.74, 6) is -2.66. The highest BCUT2D eigenvalue weighted by atomic mass is 16.5. The number of hydrogen-bond donors (Lipinski definition) is 1. The Kier molecular flexibility index (Phi) is 8.18. The van der Waals surface area contributed by atoms with E-state index in [2.05, 4.69) is 12.2 Å². The first-order valence-corrected chi connectivity index (χ1v) is 12.0. The summed E-state index contributed by atoms with van der Waals surface area (Å²) in [4.78, 5) is 39.7. The van der Waals surface area contributed by atoms with Crippen LogP contribution in [0.3, 0.4) is 0 Å². The fraction of sp³-hybridized carbons (Fsp3) is 0.519. The molecule has 1 aliphatic heterocycles. The Bertz CT molecular complexity index is 1020. The summed E-state index contributed by atoms with van der Waals surface area (Å²) in [6, 6.07) is 7.45. The molecule has 3 atom stereocenters. The van der Waals surface area contributed by atoms with Crippen LogP contribution in [0.25, 0.3) is 0 Å². The molecule has 0 fully saturated rings. The number of methoxy groups -OCH3 is 1. The maximum Gasteiger partial charge on any atom is 0.337 e. The van der Waals surface area contributed by atoms with E-state index in [0.717, 1.165) is 18.5 Å². The summed E-state index contributed by atoms with van der Waals surface area (Å²) in [7, 11) is 1.29. The number of carbonyl (C=O) groups excluding carboxylic acids is 3. The van der Waals surface area contributed by atoms with Gasteiger partial charge in [-0.15, -0.1) is 0 Å². The second-order valence-electron chi connectivity index (χ2n) is 9.23. The number of nitrogens with one attached hydrogen (secondary N) is 1. The first-order chi connectivity index (χ1) is 16.2. The number of hydrogen-bond acceptors (Lipinski definition) is 7. The van der Waals surface area contributed by atoms with Crippen molar-refractivity contribution in [2.75, 3.05) is 13.7 Å². The number of benzene rings is 1. The normalized spacial score (nSPS) is 22.3. The van der Waals surface area contributed by atoms with Crippen molar-refractivity contribution in [1.82, 2.24) is 5.32 Å². The number of ketones is 1. The second-order valence-corrected chi connectivity index (χ2v) is 9.23. The standard InChI is InChI=1S/C27H35NO6/c1-7-8-13-33-20-12-10-9-11-18(20)23-22(27(31)34-15(2)3)17(5)28-19-14-16(4)21(26(30)32-6)25(29)24(19)23/h9-12,15-16,21,23,28H,7-8,13-14H2,1-6H3/t16-,21-,23+/m0/s1. The first-order valence-electron chi connectivity index (χ1n) is 12.0. The van der Waals surface area contributed by atoms with Gasteiger partial charge in [-0.05, 0) is 45.6 Å². The van der Waals surface area contributed by atoms with Crippen LogP contribution in [0.2, 0.25) is 0 Å². The largest absolute Gasteiger partial charge is 0.493 e. The lowest BCUT2D eigenvalue weighted by Crippen LogP contribution is -2.43. The van der Waals surface area contributed by atoms with Gasteiger partial charge in [-0.25, -0.2) is 4.79 Å². The van der Waals surface area contributed by atoms with Crippen LogP contribution >= 0.6 is 0 Å². The molecule has 0 bridgehead atoms. The van der Waals surface area contributed by atoms with Crippen LogP contribution in [0, 0.1) is 11.8 Å². The lowest BCUT2D eigenvalue weighted by Gasteiger charge is -2.38. The minimum Gasteiger partial charge on any atom is -0.493 e. The van der Waals surface area contributed by atoms with Gasteiger partial charge in [0.05, 0.1) is 31.3 Å². The molecule has 0 aromatic heterocycles. The zero-order chi connectivity index (χ0) is 25.0. The fourth-order valence-electron chi connectivity index (χ4n) is 4.72. The first kappa shape index (κ1) is 25.5. The molecule has 1 aromatic carbocycles. The van der Waals surface area contributed by atoms with Crippen LogP contribution in [-0.2, 0) is 23.9 Å². The lowest BCUT2D eigenvalue weighted by molar-refractivity contribution is -0.151. The molecule has 34 heavy (non-hydrogen) atoms. The van der Waals surface area contributed by atoms with E-state index in [1.165, 1.54) is 7.11 Å². The Balaban J connectivity index is 2.19. The van der Waals surface area contributed by atoms with Crippen LogP contribution in [0.15, 0.2) is 46.8 Å². The van der Waals surface area contributed by atoms with E-state index >= 15 is 0 Å². The maximum atomic E-state index is 13.8. The Labute approximate surface area is 201 Å². The minimum atomic E-state index is -0.929. The molecule has 0 radical (unpaired) electrons. The fourth-order valence-corrected chi connectivity index (χ4v) is 4.72. The third-order valence-electron chi connectivity index (χ3n) is 6.29. The molecule has 7 heteroatoms. The molecule has 184 valence electrons. The molecule has 0 unspecified atom stereocenters. The average molecular weight is 470 g/mol. The SMILES string of the molecule is CCCCOc1ccccc1[C@@H]1C(C(=O)OC(C)C)=C(C)NC2=C1C(=O)[C@@H](C(=O)OC)[C@@H](C)C2. The molecular weight excluding hydrogens is 434 g/mol. The Morgan fingerprint density at radius 3 is 2.56 bits per heavy atom. The van der Waals surface area contributed by atoms with Gasteiger partial charge in [0.1, 0.15) is 11.7 Å². The summed E-state index contributed by atoms with van der Waals surface area (Å²) < 4.78 is 16.6. The van der Waals surface area contributed by atoms with Crippen molar-refractivity contribution in [1.29, 1.82) is 0 Å². The van der Waals surface area contributed by atoms with Gasteiger partial charge in [0.25, 0.3) is 0 Å². The summed E-state index contributed by atoms with van der Waals surface area (Å²) in [6.45, 7) is 9.85. The molecule has 7 nitrogen and oxygen atoms in total. The molecule has 0 saturated carbocycles. The molecule has 0 saturated heterocycles. The number of rotatable bonds is 8. The summed E-state index contributed by atoms with van der Waals surface area (Å²) in [5, 5.41) is 3.28. The number of ether oxygens (including phenoxy) is 3. The number of unbranched alkanes of at least 4 members (excludes halogenated alkanes) is 1. The number of para-hydroxylation sites is 1. The van der Waals surface area contributed by atoms with Crippen LogP contribution in [0.5, 0.6) is 5.75 Å². The van der Waals surface area contributed by atoms with Gasteiger partial charge < -0.3 is 19.5 Å². The van der Waals surface area contributed by atoms with Crippen LogP contribution in [0.1, 0.15) is 65.4 Å². The van der Waals surface area contributed by atoms with E-state index in [4.69, 9.17) is 14.2 Å². The van der Waals surface area contributed by atoms with E-state index in [-0.39, 0.29) is 17.8 Å². The predicted octanol–water partition coefficient (Wildman–Crippen LogP) is 4.43. The molecule has 2 aliphatic rings. The zero-order valence-electron chi connectivity index (χ0n) is 20.9. The van der Waals surface area contributed by atoms with E-state index < -0.39 is 23.8 Å². The average Bonchev–Trinajstić information content (AvgIpc) is 2.77. The van der Waals surface area contributed by atoms with E-state index in [1.807, 2.05) is 38.1 Å². The highest BCUT2D eigenvalue weighted by Crippen LogP contribution is 2.47. The minimum absolute atomic E-state index is 0.236. The molecule has 0 spiro atoms. The van der Waals surface area contributed by atoms with Gasteiger partial charge in [-0.2, -0.15) is 0 Å². The summed E-state index contributed by atoms with van der Waals surface area (Å²) >= 11 is 0. The number of Topliss-reactive ketones (excluding diaryl/α,β-unsaturated/α-hetero) is 1. The van der Waals surface area contributed by atoms with Crippen molar-refractivity contribution in [2.24, 2.45) is 11.8 Å². The lowest BCUT2D eigenvalue weighted by atomic mass is 9.69. The van der Waals surface area contributed by atoms with Gasteiger partial charge in [-0.1, -0.05) is 38.5 Å². The quantitative estimate of drug-likeness (QED) is 0.342. The van der Waals surface area contributed by atoms with Gasteiger partial charge in [0.15, 0.2) is 5.78 Å². The van der Waals surface area contributed by atoms with Gasteiger partial charge in [0.2, 0.25) is 0 Å². The topological polar surface area (TPSA) is 90.9 Å². The highest BCUT2D eigenvalue weighted by molar-refractivity contribution is 6.12. The number of carbonyl (C=O) groups is 3. The molecule has 1 N–H and O–H groups in total. The van der Waals surface area contributed by atoms with E-state index in [1.54, 1.807) is 13.8 Å². The summed E-state index contributed by atoms with van der Waals surface area (Å²) in [5.41, 5.74) is 2.82. The second kappa shape index (κ2) is 10.9. The molecule has 1 heterocycles. The number of dihydropyridines is 1. The molecule has 1 aromatic rings. The van der Waals surface area contributed by atoms with Crippen molar-refractivity contribution in [3.8, 4) is 5.75 Å². The zero-order valence-corrected chi connectivity index (χ0v) is 20.9. The Hall–Kier alpha value is -3.09. The number of allylic oxidation sites excluding steroid dienone is 3. The van der Waals surface area contributed by atoms with Crippen LogP contribution in [-0.4, -0.2) is 37.5 Å². The monoisotopic (exact) mass is 469 g/mol. The van der Waals surface area contributed by atoms with Gasteiger partial charge in [-0.3, -0.25) is 9.59 Å². The van der Waals surface area contributed by atoms with E-state index in [9.17, 15) is 14.4 Å². The highest BCUT2D eigenvalue weighted by Gasteiger charge is 2.47. The predicted molar refractivity (Wildman–Crippen MR) is 128 cm³/mol. The summed E-state index contributed by atoms with van der Waals surface area (Å²) in [6.07, 6.45) is 2.02. The van der Waals surface area contributed by atoms with Gasteiger partial charge >= 0.3 is 11.9 Å². The smallest absolute Gasteiger partial charge is 0.337 e. The van der Waals surface area contributed by atoms with Crippen molar-refractivity contribution in [3.05, 3.63) is 52.4 Å².